The molecule has 1 amide bonds. The molecule has 0 spiro atoms. The molecule has 7 heteroatoms. The van der Waals surface area contributed by atoms with E-state index in [1.54, 1.807) is 11.3 Å². The van der Waals surface area contributed by atoms with Gasteiger partial charge in [-0.25, -0.2) is 0 Å². The van der Waals surface area contributed by atoms with Crippen LogP contribution in [-0.2, 0) is 15.1 Å². The summed E-state index contributed by atoms with van der Waals surface area (Å²) in [6.07, 6.45) is 9.94. The monoisotopic (exact) mass is 451 g/mol. The predicted molar refractivity (Wildman–Crippen MR) is 127 cm³/mol. The van der Waals surface area contributed by atoms with Crippen molar-refractivity contribution in [2.45, 2.75) is 95.2 Å². The molecule has 6 nitrogen and oxygen atoms in total. The summed E-state index contributed by atoms with van der Waals surface area (Å²) in [6.45, 7) is 2.31. The third-order valence-electron chi connectivity index (χ3n) is 6.87. The third kappa shape index (κ3) is 8.20. The van der Waals surface area contributed by atoms with E-state index < -0.39 is 5.97 Å². The van der Waals surface area contributed by atoms with Gasteiger partial charge in [0.15, 0.2) is 0 Å². The Kier molecular flexibility index (Phi) is 10.5. The van der Waals surface area contributed by atoms with E-state index in [2.05, 4.69) is 48.7 Å². The van der Waals surface area contributed by atoms with Crippen LogP contribution in [0, 0.1) is 5.92 Å². The van der Waals surface area contributed by atoms with Gasteiger partial charge < -0.3 is 16.2 Å². The molecule has 0 atom stereocenters. The van der Waals surface area contributed by atoms with E-state index in [0.717, 1.165) is 31.6 Å². The maximum atomic E-state index is 11.9. The van der Waals surface area contributed by atoms with Crippen LogP contribution >= 0.6 is 11.3 Å². The zero-order chi connectivity index (χ0) is 22.9. The second-order valence-corrected chi connectivity index (χ2v) is 10.5. The van der Waals surface area contributed by atoms with Crippen molar-refractivity contribution in [1.29, 1.82) is 0 Å². The lowest BCUT2D eigenvalue weighted by Crippen LogP contribution is -2.48. The Morgan fingerprint density at radius 1 is 1.16 bits per heavy atom. The third-order valence-corrected chi connectivity index (χ3v) is 7.93. The molecule has 2 aliphatic carbocycles. The van der Waals surface area contributed by atoms with Gasteiger partial charge in [-0.15, -0.1) is 11.3 Å². The fourth-order valence-corrected chi connectivity index (χ4v) is 5.75. The molecular formula is C24H41N3O3S. The van der Waals surface area contributed by atoms with Gasteiger partial charge in [-0.05, 0) is 89.2 Å². The molecule has 0 radical (unpaired) electrons. The molecular weight excluding hydrogens is 410 g/mol. The second kappa shape index (κ2) is 12.6. The highest BCUT2D eigenvalue weighted by Crippen LogP contribution is 2.43. The number of carboxylic acids is 1. The van der Waals surface area contributed by atoms with Crippen molar-refractivity contribution in [3.8, 4) is 0 Å². The molecule has 0 bridgehead atoms. The molecule has 1 heterocycles. The van der Waals surface area contributed by atoms with Crippen molar-refractivity contribution in [1.82, 2.24) is 10.2 Å². The lowest BCUT2D eigenvalue weighted by atomic mass is 9.77. The molecule has 2 fully saturated rings. The normalized spacial score (nSPS) is 28.5. The lowest BCUT2D eigenvalue weighted by molar-refractivity contribution is -0.137. The minimum atomic E-state index is -0.845. The van der Waals surface area contributed by atoms with Crippen LogP contribution < -0.4 is 11.1 Å². The van der Waals surface area contributed by atoms with Gasteiger partial charge in [-0.2, -0.15) is 0 Å². The summed E-state index contributed by atoms with van der Waals surface area (Å²) in [5.41, 5.74) is 5.78. The fraction of sp³-hybridized carbons (Fsp3) is 0.750. The molecule has 2 aliphatic rings. The SMILES string of the molecule is CC1CCC(N)CC1.CN(C)C1(c2cccs2)CCC(NC(=O)CCCC(=O)O)CC1. The first-order chi connectivity index (χ1) is 14.7. The highest BCUT2D eigenvalue weighted by atomic mass is 32.1. The van der Waals surface area contributed by atoms with E-state index >= 15 is 0 Å². The summed E-state index contributed by atoms with van der Waals surface area (Å²) in [4.78, 5) is 26.1. The Morgan fingerprint density at radius 2 is 1.81 bits per heavy atom. The number of carboxylic acid groups (broad SMARTS) is 1. The number of carbonyl (C=O) groups excluding carboxylic acids is 1. The first kappa shape index (κ1) is 25.8. The number of nitrogens with zero attached hydrogens (tertiary/aromatic N) is 1. The van der Waals surface area contributed by atoms with Crippen LogP contribution in [0.3, 0.4) is 0 Å². The number of nitrogens with two attached hydrogens (primary N) is 1. The van der Waals surface area contributed by atoms with Crippen molar-refractivity contribution >= 4 is 23.2 Å². The molecule has 0 aromatic carbocycles. The van der Waals surface area contributed by atoms with Crippen molar-refractivity contribution in [2.75, 3.05) is 14.1 Å². The van der Waals surface area contributed by atoms with Gasteiger partial charge in [-0.3, -0.25) is 14.5 Å². The zero-order valence-electron chi connectivity index (χ0n) is 19.4. The van der Waals surface area contributed by atoms with Crippen LogP contribution in [0.15, 0.2) is 17.5 Å². The first-order valence-electron chi connectivity index (χ1n) is 11.7. The molecule has 0 aliphatic heterocycles. The topological polar surface area (TPSA) is 95.7 Å². The van der Waals surface area contributed by atoms with Gasteiger partial charge in [0, 0.05) is 29.8 Å². The quantitative estimate of drug-likeness (QED) is 0.573. The maximum Gasteiger partial charge on any atom is 0.303 e. The Balaban J connectivity index is 0.000000357. The number of hydrogen-bond donors (Lipinski definition) is 3. The van der Waals surface area contributed by atoms with Gasteiger partial charge in [0.25, 0.3) is 0 Å². The van der Waals surface area contributed by atoms with Gasteiger partial charge in [-0.1, -0.05) is 13.0 Å². The summed E-state index contributed by atoms with van der Waals surface area (Å²) in [5, 5.41) is 13.8. The second-order valence-electron chi connectivity index (χ2n) is 9.51. The molecule has 31 heavy (non-hydrogen) atoms. The minimum Gasteiger partial charge on any atom is -0.481 e. The summed E-state index contributed by atoms with van der Waals surface area (Å²) in [5.74, 6) is 0.0710. The molecule has 0 saturated heterocycles. The van der Waals surface area contributed by atoms with Gasteiger partial charge >= 0.3 is 5.97 Å². The van der Waals surface area contributed by atoms with Crippen LogP contribution in [-0.4, -0.2) is 48.1 Å². The number of carbonyl (C=O) groups is 2. The standard InChI is InChI=1S/C17H26N2O3S.C7H15N/c1-19(2)17(14-5-4-12-23-14)10-8-13(9-11-17)18-15(20)6-3-7-16(21)22;1-6-2-4-7(8)5-3-6/h4-5,12-13H,3,6-11H2,1-2H3,(H,18,20)(H,21,22);6-7H,2-5,8H2,1H3. The largest absolute Gasteiger partial charge is 0.481 e. The van der Waals surface area contributed by atoms with Crippen LogP contribution in [0.25, 0.3) is 0 Å². The number of rotatable bonds is 7. The lowest BCUT2D eigenvalue weighted by Gasteiger charge is -2.44. The van der Waals surface area contributed by atoms with Crippen LogP contribution in [0.5, 0.6) is 0 Å². The Labute approximate surface area is 191 Å². The highest BCUT2D eigenvalue weighted by Gasteiger charge is 2.39. The smallest absolute Gasteiger partial charge is 0.303 e. The number of aliphatic carboxylic acids is 1. The van der Waals surface area contributed by atoms with Crippen LogP contribution in [0.4, 0.5) is 0 Å². The number of hydrogen-bond acceptors (Lipinski definition) is 5. The summed E-state index contributed by atoms with van der Waals surface area (Å²) in [7, 11) is 4.26. The van der Waals surface area contributed by atoms with E-state index in [1.165, 1.54) is 30.6 Å². The summed E-state index contributed by atoms with van der Waals surface area (Å²) >= 11 is 1.80. The predicted octanol–water partition coefficient (Wildman–Crippen LogP) is 4.34. The van der Waals surface area contributed by atoms with E-state index in [1.807, 2.05) is 0 Å². The fourth-order valence-electron chi connectivity index (χ4n) is 4.68. The molecule has 4 N–H and O–H groups in total. The van der Waals surface area contributed by atoms with Gasteiger partial charge in [0.1, 0.15) is 0 Å². The van der Waals surface area contributed by atoms with Crippen molar-refractivity contribution < 1.29 is 14.7 Å². The van der Waals surface area contributed by atoms with Gasteiger partial charge in [0.05, 0.1) is 5.54 Å². The number of thiophene rings is 1. The number of amides is 1. The van der Waals surface area contributed by atoms with E-state index in [-0.39, 0.29) is 23.9 Å². The molecule has 1 aromatic heterocycles. The van der Waals surface area contributed by atoms with E-state index in [9.17, 15) is 9.59 Å². The van der Waals surface area contributed by atoms with Crippen molar-refractivity contribution in [2.24, 2.45) is 11.7 Å². The Morgan fingerprint density at radius 3 is 2.29 bits per heavy atom. The Hall–Kier alpha value is -1.44. The van der Waals surface area contributed by atoms with Crippen molar-refractivity contribution in [3.63, 3.8) is 0 Å². The van der Waals surface area contributed by atoms with E-state index in [0.29, 0.717) is 18.9 Å². The maximum absolute atomic E-state index is 11.9. The summed E-state index contributed by atoms with van der Waals surface area (Å²) < 4.78 is 0. The average Bonchev–Trinajstić information content (AvgIpc) is 3.26. The molecule has 1 aromatic rings. The highest BCUT2D eigenvalue weighted by molar-refractivity contribution is 7.10. The Bertz CT molecular complexity index is 652. The average molecular weight is 452 g/mol. The molecule has 0 unspecified atom stereocenters. The van der Waals surface area contributed by atoms with Crippen LogP contribution in [0.2, 0.25) is 0 Å². The van der Waals surface area contributed by atoms with Crippen LogP contribution in [0.1, 0.15) is 82.4 Å². The molecule has 2 saturated carbocycles. The molecule has 176 valence electrons. The first-order valence-corrected chi connectivity index (χ1v) is 12.6. The minimum absolute atomic E-state index is 0.0234. The number of nitrogens with one attached hydrogen (secondary N) is 1. The van der Waals surface area contributed by atoms with Crippen molar-refractivity contribution in [3.05, 3.63) is 22.4 Å². The van der Waals surface area contributed by atoms with Gasteiger partial charge in [0.2, 0.25) is 5.91 Å². The molecule has 3 rings (SSSR count). The zero-order valence-corrected chi connectivity index (χ0v) is 20.3. The van der Waals surface area contributed by atoms with E-state index in [4.69, 9.17) is 10.8 Å². The summed E-state index contributed by atoms with van der Waals surface area (Å²) in [6, 6.07) is 5.03.